The second-order valence-corrected chi connectivity index (χ2v) is 5.01. The molecule has 0 bridgehead atoms. The largest absolute Gasteiger partial charge is 0.370 e. The third kappa shape index (κ3) is 2.87. The zero-order valence-electron chi connectivity index (χ0n) is 11.4. The van der Waals surface area contributed by atoms with Gasteiger partial charge in [0, 0.05) is 26.1 Å². The van der Waals surface area contributed by atoms with Crippen molar-refractivity contribution in [3.63, 3.8) is 0 Å². The summed E-state index contributed by atoms with van der Waals surface area (Å²) in [6, 6.07) is 8.21. The summed E-state index contributed by atoms with van der Waals surface area (Å²) in [7, 11) is 1.68. The number of piperidine rings is 1. The minimum Gasteiger partial charge on any atom is -0.370 e. The van der Waals surface area contributed by atoms with Crippen molar-refractivity contribution in [2.75, 3.05) is 25.0 Å². The summed E-state index contributed by atoms with van der Waals surface area (Å²) in [5, 5.41) is 11.9. The highest BCUT2D eigenvalue weighted by Gasteiger charge is 2.25. The number of nitriles is 1. The second kappa shape index (κ2) is 5.75. The van der Waals surface area contributed by atoms with E-state index in [-0.39, 0.29) is 11.8 Å². The van der Waals surface area contributed by atoms with Crippen LogP contribution in [0.15, 0.2) is 18.2 Å². The van der Waals surface area contributed by atoms with Crippen LogP contribution < -0.4 is 10.2 Å². The molecule has 1 aromatic rings. The van der Waals surface area contributed by atoms with Gasteiger partial charge < -0.3 is 10.2 Å². The Morgan fingerprint density at radius 1 is 1.42 bits per heavy atom. The molecule has 0 saturated carbocycles. The average molecular weight is 257 g/mol. The van der Waals surface area contributed by atoms with E-state index in [1.54, 1.807) is 7.05 Å². The number of carbonyl (C=O) groups excluding carboxylic acids is 1. The van der Waals surface area contributed by atoms with Crippen LogP contribution in [0, 0.1) is 24.2 Å². The minimum atomic E-state index is 0.109. The molecule has 0 aliphatic carbocycles. The number of carbonyl (C=O) groups is 1. The van der Waals surface area contributed by atoms with Gasteiger partial charge in [-0.2, -0.15) is 5.26 Å². The lowest BCUT2D eigenvalue weighted by atomic mass is 9.95. The van der Waals surface area contributed by atoms with Crippen molar-refractivity contribution in [2.45, 2.75) is 19.8 Å². The van der Waals surface area contributed by atoms with Crippen LogP contribution in [0.25, 0.3) is 0 Å². The molecule has 1 aliphatic heterocycles. The highest BCUT2D eigenvalue weighted by Crippen LogP contribution is 2.26. The van der Waals surface area contributed by atoms with Gasteiger partial charge in [-0.25, -0.2) is 0 Å². The first kappa shape index (κ1) is 13.4. The van der Waals surface area contributed by atoms with Crippen molar-refractivity contribution >= 4 is 11.6 Å². The van der Waals surface area contributed by atoms with Gasteiger partial charge in [-0.05, 0) is 37.5 Å². The molecule has 0 aromatic heterocycles. The first-order chi connectivity index (χ1) is 9.15. The number of rotatable bonds is 2. The molecule has 0 atom stereocenters. The number of benzene rings is 1. The molecule has 1 heterocycles. The Balaban J connectivity index is 2.10. The van der Waals surface area contributed by atoms with Crippen molar-refractivity contribution in [3.05, 3.63) is 29.3 Å². The fourth-order valence-electron chi connectivity index (χ4n) is 2.60. The second-order valence-electron chi connectivity index (χ2n) is 5.01. The highest BCUT2D eigenvalue weighted by atomic mass is 16.1. The maximum Gasteiger partial charge on any atom is 0.222 e. The Morgan fingerprint density at radius 3 is 2.68 bits per heavy atom. The van der Waals surface area contributed by atoms with Crippen molar-refractivity contribution in [1.82, 2.24) is 5.32 Å². The van der Waals surface area contributed by atoms with E-state index in [1.807, 2.05) is 25.1 Å². The number of amides is 1. The van der Waals surface area contributed by atoms with Crippen molar-refractivity contribution in [2.24, 2.45) is 5.92 Å². The van der Waals surface area contributed by atoms with Crippen LogP contribution >= 0.6 is 0 Å². The summed E-state index contributed by atoms with van der Waals surface area (Å²) >= 11 is 0. The number of nitrogens with zero attached hydrogens (tertiary/aromatic N) is 2. The van der Waals surface area contributed by atoms with Gasteiger partial charge in [0.2, 0.25) is 5.91 Å². The fraction of sp³-hybridized carbons (Fsp3) is 0.467. The molecule has 1 aliphatic rings. The molecule has 1 aromatic carbocycles. The Morgan fingerprint density at radius 2 is 2.11 bits per heavy atom. The fourth-order valence-corrected chi connectivity index (χ4v) is 2.60. The lowest BCUT2D eigenvalue weighted by Crippen LogP contribution is -2.39. The Hall–Kier alpha value is -2.02. The van der Waals surface area contributed by atoms with Crippen LogP contribution in [-0.4, -0.2) is 26.0 Å². The number of aryl methyl sites for hydroxylation is 1. The van der Waals surface area contributed by atoms with Crippen molar-refractivity contribution < 1.29 is 4.79 Å². The van der Waals surface area contributed by atoms with E-state index in [2.05, 4.69) is 16.3 Å². The standard InChI is InChI=1S/C15H19N3O/c1-11-3-4-14(13(9-11)10-16)18-7-5-12(6-8-18)15(19)17-2/h3-4,9,12H,5-8H2,1-2H3,(H,17,19). The van der Waals surface area contributed by atoms with Crippen LogP contribution in [0.3, 0.4) is 0 Å². The van der Waals surface area contributed by atoms with Crippen molar-refractivity contribution in [3.8, 4) is 6.07 Å². The summed E-state index contributed by atoms with van der Waals surface area (Å²) in [5.41, 5.74) is 2.81. The molecular weight excluding hydrogens is 238 g/mol. The average Bonchev–Trinajstić information content (AvgIpc) is 2.46. The van der Waals surface area contributed by atoms with E-state index in [9.17, 15) is 10.1 Å². The lowest BCUT2D eigenvalue weighted by molar-refractivity contribution is -0.125. The zero-order chi connectivity index (χ0) is 13.8. The van der Waals surface area contributed by atoms with Gasteiger partial charge in [0.25, 0.3) is 0 Å². The predicted octanol–water partition coefficient (Wildman–Crippen LogP) is 1.83. The van der Waals surface area contributed by atoms with Gasteiger partial charge in [0.1, 0.15) is 6.07 Å². The summed E-state index contributed by atoms with van der Waals surface area (Å²) in [6.45, 7) is 3.65. The molecule has 1 amide bonds. The van der Waals surface area contributed by atoms with E-state index in [1.165, 1.54) is 0 Å². The van der Waals surface area contributed by atoms with Gasteiger partial charge in [-0.3, -0.25) is 4.79 Å². The molecule has 0 spiro atoms. The molecule has 1 fully saturated rings. The maximum atomic E-state index is 11.6. The highest BCUT2D eigenvalue weighted by molar-refractivity contribution is 5.78. The van der Waals surface area contributed by atoms with Crippen LogP contribution in [0.2, 0.25) is 0 Å². The van der Waals surface area contributed by atoms with Crippen LogP contribution in [-0.2, 0) is 4.79 Å². The van der Waals surface area contributed by atoms with Crippen LogP contribution in [0.4, 0.5) is 5.69 Å². The van der Waals surface area contributed by atoms with Gasteiger partial charge in [-0.15, -0.1) is 0 Å². The SMILES string of the molecule is CNC(=O)C1CCN(c2ccc(C)cc2C#N)CC1. The summed E-state index contributed by atoms with van der Waals surface area (Å²) < 4.78 is 0. The topological polar surface area (TPSA) is 56.1 Å². The maximum absolute atomic E-state index is 11.6. The van der Waals surface area contributed by atoms with Gasteiger partial charge in [0.05, 0.1) is 11.3 Å². The number of hydrogen-bond acceptors (Lipinski definition) is 3. The molecule has 100 valence electrons. The molecule has 0 radical (unpaired) electrons. The third-order valence-corrected chi connectivity index (χ3v) is 3.73. The van der Waals surface area contributed by atoms with Crippen molar-refractivity contribution in [1.29, 1.82) is 5.26 Å². The monoisotopic (exact) mass is 257 g/mol. The molecule has 19 heavy (non-hydrogen) atoms. The first-order valence-corrected chi connectivity index (χ1v) is 6.63. The third-order valence-electron chi connectivity index (χ3n) is 3.73. The van der Waals surface area contributed by atoms with Gasteiger partial charge in [0.15, 0.2) is 0 Å². The normalized spacial score (nSPS) is 15.9. The lowest BCUT2D eigenvalue weighted by Gasteiger charge is -2.33. The quantitative estimate of drug-likeness (QED) is 0.879. The van der Waals surface area contributed by atoms with Crippen LogP contribution in [0.5, 0.6) is 0 Å². The molecule has 4 heteroatoms. The van der Waals surface area contributed by atoms with E-state index in [4.69, 9.17) is 0 Å². The molecule has 1 saturated heterocycles. The molecule has 2 rings (SSSR count). The summed E-state index contributed by atoms with van der Waals surface area (Å²) in [6.07, 6.45) is 1.69. The smallest absolute Gasteiger partial charge is 0.222 e. The molecule has 1 N–H and O–H groups in total. The number of nitrogens with one attached hydrogen (secondary N) is 1. The molecular formula is C15H19N3O. The predicted molar refractivity (Wildman–Crippen MR) is 74.9 cm³/mol. The number of hydrogen-bond donors (Lipinski definition) is 1. The van der Waals surface area contributed by atoms with E-state index >= 15 is 0 Å². The molecule has 0 unspecified atom stereocenters. The van der Waals surface area contributed by atoms with E-state index < -0.39 is 0 Å². The minimum absolute atomic E-state index is 0.109. The first-order valence-electron chi connectivity index (χ1n) is 6.63. The Labute approximate surface area is 114 Å². The van der Waals surface area contributed by atoms with Gasteiger partial charge >= 0.3 is 0 Å². The van der Waals surface area contributed by atoms with Crippen LogP contribution in [0.1, 0.15) is 24.0 Å². The Kier molecular flexibility index (Phi) is 4.06. The Bertz CT molecular complexity index is 511. The van der Waals surface area contributed by atoms with E-state index in [0.717, 1.165) is 42.7 Å². The van der Waals surface area contributed by atoms with E-state index in [0.29, 0.717) is 0 Å². The number of anilines is 1. The molecule has 4 nitrogen and oxygen atoms in total. The van der Waals surface area contributed by atoms with Gasteiger partial charge in [-0.1, -0.05) is 6.07 Å². The zero-order valence-corrected chi connectivity index (χ0v) is 11.4. The summed E-state index contributed by atoms with van der Waals surface area (Å²) in [5.74, 6) is 0.237. The summed E-state index contributed by atoms with van der Waals surface area (Å²) in [4.78, 5) is 13.8.